The van der Waals surface area contributed by atoms with E-state index in [1.165, 1.54) is 17.8 Å². The van der Waals surface area contributed by atoms with E-state index < -0.39 is 61.2 Å². The average Bonchev–Trinajstić information content (AvgIpc) is 3.47. The highest BCUT2D eigenvalue weighted by Gasteiger charge is 2.54. The van der Waals surface area contributed by atoms with Gasteiger partial charge in [0.15, 0.2) is 22.5 Å². The second kappa shape index (κ2) is 15.2. The smallest absolute Gasteiger partial charge is 0.406 e. The molecule has 5 N–H and O–H groups in total. The molecule has 0 saturated carbocycles. The number of alkyl halides is 1. The number of hydrogen-bond acceptors (Lipinski definition) is 15. The molecule has 19 heteroatoms. The van der Waals surface area contributed by atoms with E-state index in [2.05, 4.69) is 20.0 Å². The van der Waals surface area contributed by atoms with Crippen LogP contribution in [0.2, 0.25) is 0 Å². The number of carbonyl (C=O) groups is 2. The van der Waals surface area contributed by atoms with Gasteiger partial charge in [-0.3, -0.25) is 23.2 Å². The minimum Gasteiger partial charge on any atom is -0.476 e. The summed E-state index contributed by atoms with van der Waals surface area (Å²) in [5, 5.41) is 22.8. The van der Waals surface area contributed by atoms with Gasteiger partial charge in [0, 0.05) is 5.75 Å². The molecule has 2 aromatic heterocycles. The largest absolute Gasteiger partial charge is 0.476 e. The fourth-order valence-electron chi connectivity index (χ4n) is 4.13. The third-order valence-electron chi connectivity index (χ3n) is 6.65. The highest BCUT2D eigenvalue weighted by molar-refractivity contribution is 8.13. The molecule has 1 unspecified atom stereocenters. The second-order valence-electron chi connectivity index (χ2n) is 11.4. The average molecular weight is 697 g/mol. The van der Waals surface area contributed by atoms with Gasteiger partial charge in [0.25, 0.3) is 0 Å². The summed E-state index contributed by atoms with van der Waals surface area (Å²) >= 11 is 7.69. The van der Waals surface area contributed by atoms with Crippen LogP contribution in [0.3, 0.4) is 0 Å². The minimum atomic E-state index is -4.27. The molecular weight excluding hydrogens is 655 g/mol. The first kappa shape index (κ1) is 37.4. The van der Waals surface area contributed by atoms with Gasteiger partial charge in [-0.2, -0.15) is 9.97 Å². The molecule has 1 aliphatic rings. The summed E-state index contributed by atoms with van der Waals surface area (Å²) in [4.78, 5) is 36.0. The number of halogens is 1. The fraction of sp³-hybridized carbons (Fsp3) is 0.731. The Hall–Kier alpha value is -2.08. The number of carbonyl (C=O) groups excluding carboxylic acids is 2. The first-order valence-corrected chi connectivity index (χ1v) is 17.2. The monoisotopic (exact) mass is 696 g/mol. The van der Waals surface area contributed by atoms with E-state index in [-0.39, 0.29) is 41.6 Å². The maximum Gasteiger partial charge on any atom is 0.406 e. The van der Waals surface area contributed by atoms with Crippen LogP contribution in [-0.2, 0) is 32.7 Å². The molecule has 1 saturated heterocycles. The molecule has 6 atom stereocenters. The van der Waals surface area contributed by atoms with E-state index in [0.29, 0.717) is 12.1 Å². The number of aliphatic hydroxyl groups excluding tert-OH is 2. The molecule has 2 aromatic rings. The van der Waals surface area contributed by atoms with Crippen molar-refractivity contribution >= 4 is 59.3 Å². The Morgan fingerprint density at radius 1 is 1.31 bits per heavy atom. The molecule has 0 spiro atoms. The molecule has 1 fully saturated rings. The Bertz CT molecular complexity index is 1400. The lowest BCUT2D eigenvalue weighted by atomic mass is 9.97. The number of aromatic nitrogens is 4. The highest BCUT2D eigenvalue weighted by atomic mass is 35.5. The van der Waals surface area contributed by atoms with Gasteiger partial charge in [-0.25, -0.2) is 14.6 Å². The quantitative estimate of drug-likeness (QED) is 0.0857. The summed E-state index contributed by atoms with van der Waals surface area (Å²) in [6.45, 7) is 10.5. The molecular formula is C26H42ClN6O10PS. The van der Waals surface area contributed by atoms with Crippen molar-refractivity contribution in [2.75, 3.05) is 37.9 Å². The zero-order chi connectivity index (χ0) is 33.7. The number of hydrogen-bond donors (Lipinski definition) is 4. The van der Waals surface area contributed by atoms with Gasteiger partial charge < -0.3 is 30.2 Å². The molecule has 0 aromatic carbocycles. The Morgan fingerprint density at radius 2 is 2.00 bits per heavy atom. The summed E-state index contributed by atoms with van der Waals surface area (Å²) in [7, 11) is -4.27. The Morgan fingerprint density at radius 3 is 2.62 bits per heavy atom. The first-order valence-electron chi connectivity index (χ1n) is 14.3. The van der Waals surface area contributed by atoms with E-state index in [1.54, 1.807) is 41.5 Å². The summed E-state index contributed by atoms with van der Waals surface area (Å²) < 4.78 is 43.3. The molecule has 0 aliphatic carbocycles. The number of esters is 1. The molecule has 45 heavy (non-hydrogen) atoms. The Kier molecular flexibility index (Phi) is 12.6. The lowest BCUT2D eigenvalue weighted by molar-refractivity contribution is -0.149. The maximum absolute atomic E-state index is 13.8. The van der Waals surface area contributed by atoms with E-state index >= 15 is 0 Å². The van der Waals surface area contributed by atoms with Gasteiger partial charge in [-0.1, -0.05) is 11.8 Å². The van der Waals surface area contributed by atoms with Gasteiger partial charge in [0.2, 0.25) is 11.8 Å². The van der Waals surface area contributed by atoms with Gasteiger partial charge in [0.05, 0.1) is 44.3 Å². The van der Waals surface area contributed by atoms with Crippen molar-refractivity contribution in [1.82, 2.24) is 24.6 Å². The minimum absolute atomic E-state index is 0.0727. The fourth-order valence-corrected chi connectivity index (χ4v) is 6.83. The van der Waals surface area contributed by atoms with E-state index in [1.807, 2.05) is 0 Å². The van der Waals surface area contributed by atoms with Crippen LogP contribution in [0.1, 0.15) is 54.7 Å². The van der Waals surface area contributed by atoms with Crippen LogP contribution in [0.15, 0.2) is 6.33 Å². The lowest BCUT2D eigenvalue weighted by Gasteiger charge is -2.26. The van der Waals surface area contributed by atoms with Crippen LogP contribution in [0, 0.1) is 5.41 Å². The molecule has 254 valence electrons. The van der Waals surface area contributed by atoms with Crippen LogP contribution < -0.4 is 15.6 Å². The Balaban J connectivity index is 1.78. The van der Waals surface area contributed by atoms with Crippen molar-refractivity contribution < 1.29 is 47.6 Å². The first-order chi connectivity index (χ1) is 21.0. The Labute approximate surface area is 270 Å². The maximum atomic E-state index is 13.8. The molecule has 3 rings (SSSR count). The summed E-state index contributed by atoms with van der Waals surface area (Å²) in [5.41, 5.74) is 5.46. The lowest BCUT2D eigenvalue weighted by Crippen LogP contribution is -2.40. The molecule has 0 radical (unpaired) electrons. The molecule has 3 heterocycles. The van der Waals surface area contributed by atoms with Crippen molar-refractivity contribution in [2.45, 2.75) is 83.9 Å². The molecule has 1 aliphatic heterocycles. The van der Waals surface area contributed by atoms with Crippen molar-refractivity contribution in [3.8, 4) is 5.88 Å². The normalized spacial score (nSPS) is 24.1. The molecule has 0 bridgehead atoms. The number of anilines is 1. The van der Waals surface area contributed by atoms with Crippen molar-refractivity contribution in [2.24, 2.45) is 5.41 Å². The second-order valence-corrected chi connectivity index (χ2v) is 15.1. The van der Waals surface area contributed by atoms with E-state index in [4.69, 9.17) is 40.6 Å². The van der Waals surface area contributed by atoms with Crippen LogP contribution in [0.4, 0.5) is 5.95 Å². The van der Waals surface area contributed by atoms with Crippen molar-refractivity contribution in [3.63, 3.8) is 0 Å². The van der Waals surface area contributed by atoms with Gasteiger partial charge in [-0.15, -0.1) is 11.6 Å². The van der Waals surface area contributed by atoms with Crippen LogP contribution in [0.25, 0.3) is 11.2 Å². The standard InChI is InChI=1S/C26H42ClN6O10PS/c1-8-39-20-17-19(30-24(28)31-20)33(13-29-17)22-26(7,27)18(35)16(43-22)11-41-44(38,32-15(4)21(36)42-14(2)3)40-9-10-45-23(37)25(5,6)12-34/h13-16,18,22,34-35H,8-12H2,1-7H3,(H,32,38)(H2,28,30,31)/t15-,16+,18+,22+,26+,44?/m0/s1. The topological polar surface area (TPSA) is 219 Å². The number of imidazole rings is 1. The summed E-state index contributed by atoms with van der Waals surface area (Å²) in [6, 6.07) is -1.11. The summed E-state index contributed by atoms with van der Waals surface area (Å²) in [5.74, 6) is -0.523. The van der Waals surface area contributed by atoms with Gasteiger partial charge in [0.1, 0.15) is 23.1 Å². The third kappa shape index (κ3) is 9.05. The number of nitrogens with one attached hydrogen (secondary N) is 1. The van der Waals surface area contributed by atoms with Gasteiger partial charge >= 0.3 is 13.7 Å². The number of nitrogens with zero attached hydrogens (tertiary/aromatic N) is 4. The predicted octanol–water partition coefficient (Wildman–Crippen LogP) is 2.41. The number of nitrogens with two attached hydrogens (primary N) is 1. The summed E-state index contributed by atoms with van der Waals surface area (Å²) in [6.07, 6.45) is -2.54. The highest BCUT2D eigenvalue weighted by Crippen LogP contribution is 2.48. The van der Waals surface area contributed by atoms with Crippen molar-refractivity contribution in [3.05, 3.63) is 6.33 Å². The van der Waals surface area contributed by atoms with Crippen LogP contribution in [0.5, 0.6) is 5.88 Å². The number of ether oxygens (including phenoxy) is 3. The predicted molar refractivity (Wildman–Crippen MR) is 167 cm³/mol. The number of rotatable bonds is 16. The zero-order valence-electron chi connectivity index (χ0n) is 26.3. The zero-order valence-corrected chi connectivity index (χ0v) is 28.7. The van der Waals surface area contributed by atoms with Gasteiger partial charge in [-0.05, 0) is 48.5 Å². The van der Waals surface area contributed by atoms with Crippen molar-refractivity contribution in [1.29, 1.82) is 0 Å². The SMILES string of the molecule is CCOc1nc(N)nc2c1ncn2[C@@H]1O[C@H](COP(=O)(N[C@@H](C)C(=O)OC(C)C)OCCSC(=O)C(C)(C)CO)[C@@H](O)[C@@]1(C)Cl. The molecule has 16 nitrogen and oxygen atoms in total. The van der Waals surface area contributed by atoms with E-state index in [0.717, 1.165) is 11.8 Å². The molecule has 0 amide bonds. The van der Waals surface area contributed by atoms with E-state index in [9.17, 15) is 24.4 Å². The number of fused-ring (bicyclic) bond motifs is 1. The number of thioether (sulfide) groups is 1. The number of aliphatic hydroxyl groups is 2. The number of nitrogen functional groups attached to an aromatic ring is 1. The van der Waals surface area contributed by atoms with Crippen LogP contribution in [-0.4, -0.2) is 102 Å². The third-order valence-corrected chi connectivity index (χ3v) is 9.96. The van der Waals surface area contributed by atoms with Crippen LogP contribution >= 0.6 is 31.1 Å².